The van der Waals surface area contributed by atoms with Crippen LogP contribution in [0.15, 0.2) is 0 Å². The monoisotopic (exact) mass is 228 g/mol. The fourth-order valence-corrected chi connectivity index (χ4v) is 1.57. The summed E-state index contributed by atoms with van der Waals surface area (Å²) in [5.74, 6) is -0.327. The fraction of sp³-hybridized carbons (Fsp3) is 0.818. The molecule has 2 N–H and O–H groups in total. The van der Waals surface area contributed by atoms with Gasteiger partial charge in [-0.05, 0) is 40.0 Å². The van der Waals surface area contributed by atoms with Gasteiger partial charge in [0, 0.05) is 6.54 Å². The first-order valence-corrected chi connectivity index (χ1v) is 5.61. The molecular weight excluding hydrogens is 208 g/mol. The van der Waals surface area contributed by atoms with Crippen molar-refractivity contribution in [2.45, 2.75) is 51.7 Å². The van der Waals surface area contributed by atoms with Crippen molar-refractivity contribution in [2.75, 3.05) is 6.54 Å². The van der Waals surface area contributed by atoms with Gasteiger partial charge in [0.2, 0.25) is 5.91 Å². The van der Waals surface area contributed by atoms with Crippen LogP contribution in [0.1, 0.15) is 40.0 Å². The Morgan fingerprint density at radius 2 is 2.06 bits per heavy atom. The molecule has 1 unspecified atom stereocenters. The number of carbonyl (C=O) groups is 2. The first kappa shape index (κ1) is 13.0. The van der Waals surface area contributed by atoms with Crippen molar-refractivity contribution < 1.29 is 14.3 Å². The molecule has 2 amide bonds. The van der Waals surface area contributed by atoms with Crippen LogP contribution >= 0.6 is 0 Å². The Morgan fingerprint density at radius 3 is 2.62 bits per heavy atom. The molecule has 1 saturated heterocycles. The average Bonchev–Trinajstić information content (AvgIpc) is 2.27. The van der Waals surface area contributed by atoms with E-state index in [1.54, 1.807) is 20.8 Å². The molecule has 0 bridgehead atoms. The molecule has 92 valence electrons. The highest BCUT2D eigenvalue weighted by molar-refractivity contribution is 5.95. The van der Waals surface area contributed by atoms with Gasteiger partial charge in [0.25, 0.3) is 0 Å². The van der Waals surface area contributed by atoms with Crippen molar-refractivity contribution in [1.82, 2.24) is 4.90 Å². The predicted octanol–water partition coefficient (Wildman–Crippen LogP) is 1.26. The van der Waals surface area contributed by atoms with Gasteiger partial charge in [0.1, 0.15) is 5.60 Å². The molecule has 1 atom stereocenters. The molecule has 1 aliphatic rings. The molecule has 0 spiro atoms. The Labute approximate surface area is 95.9 Å². The number of nitrogens with two attached hydrogens (primary N) is 1. The van der Waals surface area contributed by atoms with Crippen molar-refractivity contribution in [3.05, 3.63) is 0 Å². The Hall–Kier alpha value is -1.10. The van der Waals surface area contributed by atoms with Crippen molar-refractivity contribution in [1.29, 1.82) is 0 Å². The van der Waals surface area contributed by atoms with E-state index in [4.69, 9.17) is 10.5 Å². The number of hydrogen-bond acceptors (Lipinski definition) is 4. The number of rotatable bonds is 0. The predicted molar refractivity (Wildman–Crippen MR) is 59.8 cm³/mol. The van der Waals surface area contributed by atoms with Gasteiger partial charge < -0.3 is 10.5 Å². The Balaban J connectivity index is 2.69. The van der Waals surface area contributed by atoms with Crippen molar-refractivity contribution >= 4 is 12.0 Å². The normalized spacial score (nSPS) is 22.9. The molecule has 1 rings (SSSR count). The van der Waals surface area contributed by atoms with Gasteiger partial charge in [-0.2, -0.15) is 0 Å². The molecule has 0 radical (unpaired) electrons. The maximum Gasteiger partial charge on any atom is 0.417 e. The number of amides is 2. The van der Waals surface area contributed by atoms with Gasteiger partial charge in [-0.25, -0.2) is 9.69 Å². The second kappa shape index (κ2) is 4.82. The van der Waals surface area contributed by atoms with E-state index in [-0.39, 0.29) is 5.91 Å². The summed E-state index contributed by atoms with van der Waals surface area (Å²) in [5.41, 5.74) is 5.08. The third-order valence-corrected chi connectivity index (χ3v) is 2.34. The highest BCUT2D eigenvalue weighted by atomic mass is 16.6. The van der Waals surface area contributed by atoms with E-state index in [0.29, 0.717) is 13.0 Å². The Bertz CT molecular complexity index is 283. The largest absolute Gasteiger partial charge is 0.443 e. The van der Waals surface area contributed by atoms with E-state index in [1.807, 2.05) is 0 Å². The van der Waals surface area contributed by atoms with Crippen molar-refractivity contribution in [2.24, 2.45) is 5.73 Å². The molecule has 0 saturated carbocycles. The zero-order chi connectivity index (χ0) is 12.3. The van der Waals surface area contributed by atoms with E-state index >= 15 is 0 Å². The summed E-state index contributed by atoms with van der Waals surface area (Å²) in [7, 11) is 0. The number of hydrogen-bond donors (Lipinski definition) is 1. The topological polar surface area (TPSA) is 72.6 Å². The maximum absolute atomic E-state index is 11.8. The number of nitrogens with zero attached hydrogens (tertiary/aromatic N) is 1. The zero-order valence-corrected chi connectivity index (χ0v) is 10.2. The quantitative estimate of drug-likeness (QED) is 0.677. The lowest BCUT2D eigenvalue weighted by Crippen LogP contribution is -2.47. The van der Waals surface area contributed by atoms with Crippen molar-refractivity contribution in [3.63, 3.8) is 0 Å². The lowest BCUT2D eigenvalue weighted by Gasteiger charge is -2.26. The van der Waals surface area contributed by atoms with Gasteiger partial charge in [-0.15, -0.1) is 0 Å². The second-order valence-corrected chi connectivity index (χ2v) is 5.07. The third-order valence-electron chi connectivity index (χ3n) is 2.34. The van der Waals surface area contributed by atoms with Crippen LogP contribution in [0.25, 0.3) is 0 Å². The number of imide groups is 1. The van der Waals surface area contributed by atoms with Crippen LogP contribution in [0, 0.1) is 0 Å². The van der Waals surface area contributed by atoms with Gasteiger partial charge in [-0.3, -0.25) is 4.79 Å². The molecule has 0 aromatic rings. The lowest BCUT2D eigenvalue weighted by molar-refractivity contribution is -0.131. The minimum Gasteiger partial charge on any atom is -0.443 e. The van der Waals surface area contributed by atoms with E-state index in [0.717, 1.165) is 17.7 Å². The molecule has 16 heavy (non-hydrogen) atoms. The van der Waals surface area contributed by atoms with E-state index in [9.17, 15) is 9.59 Å². The van der Waals surface area contributed by atoms with Crippen molar-refractivity contribution in [3.8, 4) is 0 Å². The van der Waals surface area contributed by atoms with Crippen LogP contribution in [0.4, 0.5) is 4.79 Å². The first-order valence-electron chi connectivity index (χ1n) is 5.61. The van der Waals surface area contributed by atoms with E-state index in [2.05, 4.69) is 0 Å². The average molecular weight is 228 g/mol. The smallest absolute Gasteiger partial charge is 0.417 e. The van der Waals surface area contributed by atoms with Crippen LogP contribution in [-0.2, 0) is 9.53 Å². The number of likely N-dealkylation sites (tertiary alicyclic amines) is 1. The highest BCUT2D eigenvalue weighted by Crippen LogP contribution is 2.15. The SMILES string of the molecule is CC(C)(C)OC(=O)N1CCCCC(N)C1=O. The molecule has 0 aromatic carbocycles. The third kappa shape index (κ3) is 3.48. The van der Waals surface area contributed by atoms with Crippen LogP contribution < -0.4 is 5.73 Å². The summed E-state index contributed by atoms with van der Waals surface area (Å²) in [4.78, 5) is 24.7. The number of carbonyl (C=O) groups excluding carboxylic acids is 2. The van der Waals surface area contributed by atoms with Crippen LogP contribution in [-0.4, -0.2) is 35.1 Å². The molecule has 5 heteroatoms. The Kier molecular flexibility index (Phi) is 3.91. The Morgan fingerprint density at radius 1 is 1.44 bits per heavy atom. The van der Waals surface area contributed by atoms with E-state index < -0.39 is 17.7 Å². The minimum atomic E-state index is -0.590. The molecule has 1 heterocycles. The van der Waals surface area contributed by atoms with Gasteiger partial charge >= 0.3 is 6.09 Å². The first-order chi connectivity index (χ1) is 7.31. The molecule has 1 aliphatic heterocycles. The second-order valence-electron chi connectivity index (χ2n) is 5.07. The summed E-state index contributed by atoms with van der Waals surface area (Å²) in [6.07, 6.45) is 1.71. The summed E-state index contributed by atoms with van der Waals surface area (Å²) in [6, 6.07) is -0.574. The van der Waals surface area contributed by atoms with Crippen LogP contribution in [0.3, 0.4) is 0 Å². The summed E-state index contributed by atoms with van der Waals surface area (Å²) in [6.45, 7) is 5.72. The molecule has 0 aliphatic carbocycles. The molecule has 5 nitrogen and oxygen atoms in total. The lowest BCUT2D eigenvalue weighted by atomic mass is 10.1. The molecular formula is C11H20N2O3. The molecule has 1 fully saturated rings. The molecule has 0 aromatic heterocycles. The highest BCUT2D eigenvalue weighted by Gasteiger charge is 2.31. The van der Waals surface area contributed by atoms with Gasteiger partial charge in [0.15, 0.2) is 0 Å². The van der Waals surface area contributed by atoms with Crippen LogP contribution in [0.2, 0.25) is 0 Å². The van der Waals surface area contributed by atoms with Crippen LogP contribution in [0.5, 0.6) is 0 Å². The van der Waals surface area contributed by atoms with Gasteiger partial charge in [0.05, 0.1) is 6.04 Å². The maximum atomic E-state index is 11.8. The standard InChI is InChI=1S/C11H20N2O3/c1-11(2,3)16-10(15)13-7-5-4-6-8(12)9(13)14/h8H,4-7,12H2,1-3H3. The summed E-state index contributed by atoms with van der Waals surface area (Å²) < 4.78 is 5.16. The summed E-state index contributed by atoms with van der Waals surface area (Å²) in [5, 5.41) is 0. The van der Waals surface area contributed by atoms with Gasteiger partial charge in [-0.1, -0.05) is 0 Å². The fourth-order valence-electron chi connectivity index (χ4n) is 1.57. The number of ether oxygens (including phenoxy) is 1. The van der Waals surface area contributed by atoms with E-state index in [1.165, 1.54) is 0 Å². The zero-order valence-electron chi connectivity index (χ0n) is 10.2. The minimum absolute atomic E-state index is 0.327. The summed E-state index contributed by atoms with van der Waals surface area (Å²) >= 11 is 0.